The molecule has 1 N–H and O–H groups in total. The first kappa shape index (κ1) is 10.5. The van der Waals surface area contributed by atoms with Gasteiger partial charge in [0.05, 0.1) is 6.61 Å². The van der Waals surface area contributed by atoms with E-state index in [1.54, 1.807) is 6.07 Å². The van der Waals surface area contributed by atoms with Crippen molar-refractivity contribution in [2.24, 2.45) is 0 Å². The van der Waals surface area contributed by atoms with Gasteiger partial charge in [-0.05, 0) is 12.5 Å². The fourth-order valence-corrected chi connectivity index (χ4v) is 0.918. The summed E-state index contributed by atoms with van der Waals surface area (Å²) in [6.45, 7) is 0.196. The lowest BCUT2D eigenvalue weighted by molar-refractivity contribution is -0.137. The van der Waals surface area contributed by atoms with E-state index in [0.717, 1.165) is 0 Å². The Labute approximate surface area is 81.1 Å². The largest absolute Gasteiger partial charge is 0.490 e. The summed E-state index contributed by atoms with van der Waals surface area (Å²) in [5.41, 5.74) is 0. The molecule has 0 unspecified atom stereocenters. The highest BCUT2D eigenvalue weighted by Crippen LogP contribution is 2.14. The van der Waals surface area contributed by atoms with Crippen LogP contribution in [0.1, 0.15) is 12.8 Å². The fourth-order valence-electron chi connectivity index (χ4n) is 0.918. The molecule has 0 atom stereocenters. The van der Waals surface area contributed by atoms with Crippen LogP contribution in [-0.2, 0) is 4.79 Å². The maximum Gasteiger partial charge on any atom is 0.303 e. The average molecular weight is 197 g/mol. The first-order valence-corrected chi connectivity index (χ1v) is 4.21. The molecule has 4 heteroatoms. The Bertz CT molecular complexity index is 312. The molecule has 3 nitrogen and oxygen atoms in total. The minimum absolute atomic E-state index is 0.0260. The van der Waals surface area contributed by atoms with Crippen LogP contribution in [0.2, 0.25) is 0 Å². The van der Waals surface area contributed by atoms with Crippen molar-refractivity contribution < 1.29 is 19.0 Å². The molecule has 0 fully saturated rings. The molecule has 0 aliphatic carbocycles. The summed E-state index contributed by atoms with van der Waals surface area (Å²) >= 11 is 0. The van der Waals surface area contributed by atoms with Gasteiger partial charge in [-0.3, -0.25) is 4.79 Å². The lowest BCUT2D eigenvalue weighted by Crippen LogP contribution is -2.02. The molecule has 1 aromatic rings. The number of benzene rings is 1. The number of hydrogen-bond acceptors (Lipinski definition) is 2. The molecule has 1 aromatic carbocycles. The molecule has 0 heterocycles. The van der Waals surface area contributed by atoms with Crippen molar-refractivity contribution in [2.75, 3.05) is 6.61 Å². The van der Waals surface area contributed by atoms with Crippen molar-refractivity contribution in [3.63, 3.8) is 0 Å². The highest BCUT2D eigenvalue weighted by molar-refractivity contribution is 5.66. The van der Waals surface area contributed by atoms with Crippen LogP contribution >= 0.6 is 0 Å². The second-order valence-corrected chi connectivity index (χ2v) is 2.69. The first-order chi connectivity index (χ1) is 6.70. The van der Waals surface area contributed by atoms with Crippen molar-refractivity contribution in [1.29, 1.82) is 0 Å². The molecular formula is C10H10FO3. The molecule has 1 radical (unpaired) electrons. The number of aliphatic carboxylic acids is 1. The third-order valence-electron chi connectivity index (χ3n) is 1.56. The van der Waals surface area contributed by atoms with E-state index in [0.29, 0.717) is 6.42 Å². The van der Waals surface area contributed by atoms with Crippen molar-refractivity contribution in [3.8, 4) is 5.75 Å². The maximum absolute atomic E-state index is 12.9. The van der Waals surface area contributed by atoms with Crippen molar-refractivity contribution >= 4 is 5.97 Å². The van der Waals surface area contributed by atoms with Crippen molar-refractivity contribution in [1.82, 2.24) is 0 Å². The minimum atomic E-state index is -0.881. The Morgan fingerprint density at radius 2 is 2.43 bits per heavy atom. The van der Waals surface area contributed by atoms with Crippen LogP contribution in [0.15, 0.2) is 18.2 Å². The standard InChI is InChI=1S/C10H10FO3/c11-8-4-1-2-5-9(8)14-7-3-6-10(12)13/h1-2,5H,3,6-7H2,(H,12,13). The summed E-state index contributed by atoms with van der Waals surface area (Å²) < 4.78 is 17.9. The van der Waals surface area contributed by atoms with Gasteiger partial charge in [-0.25, -0.2) is 4.39 Å². The summed E-state index contributed by atoms with van der Waals surface area (Å²) in [6, 6.07) is 6.87. The average Bonchev–Trinajstić information content (AvgIpc) is 2.15. The van der Waals surface area contributed by atoms with Gasteiger partial charge in [0.15, 0.2) is 11.6 Å². The third kappa shape index (κ3) is 3.43. The molecule has 0 amide bonds. The third-order valence-corrected chi connectivity index (χ3v) is 1.56. The second kappa shape index (κ2) is 5.21. The molecule has 0 bridgehead atoms. The fraction of sp³-hybridized carbons (Fsp3) is 0.300. The Morgan fingerprint density at radius 3 is 3.07 bits per heavy atom. The molecule has 75 valence electrons. The van der Waals surface area contributed by atoms with Gasteiger partial charge in [-0.1, -0.05) is 12.1 Å². The number of hydrogen-bond donors (Lipinski definition) is 1. The number of carboxylic acid groups (broad SMARTS) is 1. The Hall–Kier alpha value is -1.58. The zero-order valence-electron chi connectivity index (χ0n) is 7.50. The second-order valence-electron chi connectivity index (χ2n) is 2.69. The van der Waals surface area contributed by atoms with Gasteiger partial charge in [0.2, 0.25) is 0 Å². The Morgan fingerprint density at radius 1 is 1.64 bits per heavy atom. The van der Waals surface area contributed by atoms with E-state index in [1.807, 2.05) is 0 Å². The van der Waals surface area contributed by atoms with Gasteiger partial charge >= 0.3 is 5.97 Å². The monoisotopic (exact) mass is 197 g/mol. The molecule has 0 saturated carbocycles. The lowest BCUT2D eigenvalue weighted by Gasteiger charge is -2.04. The van der Waals surface area contributed by atoms with Crippen LogP contribution in [0.3, 0.4) is 0 Å². The highest BCUT2D eigenvalue weighted by atomic mass is 19.1. The Kier molecular flexibility index (Phi) is 3.91. The summed E-state index contributed by atoms with van der Waals surface area (Å²) in [4.78, 5) is 10.1. The van der Waals surface area contributed by atoms with Gasteiger partial charge in [-0.2, -0.15) is 0 Å². The predicted molar refractivity (Wildman–Crippen MR) is 47.6 cm³/mol. The van der Waals surface area contributed by atoms with Gasteiger partial charge < -0.3 is 9.84 Å². The van der Waals surface area contributed by atoms with E-state index in [4.69, 9.17) is 9.84 Å². The van der Waals surface area contributed by atoms with E-state index in [1.165, 1.54) is 12.1 Å². The summed E-state index contributed by atoms with van der Waals surface area (Å²) in [7, 11) is 0. The Balaban J connectivity index is 2.31. The van der Waals surface area contributed by atoms with Crippen LogP contribution in [0, 0.1) is 11.9 Å². The first-order valence-electron chi connectivity index (χ1n) is 4.21. The minimum Gasteiger partial charge on any atom is -0.490 e. The highest BCUT2D eigenvalue weighted by Gasteiger charge is 2.02. The molecule has 0 aromatic heterocycles. The van der Waals surface area contributed by atoms with E-state index in [9.17, 15) is 9.18 Å². The van der Waals surface area contributed by atoms with Gasteiger partial charge in [0.25, 0.3) is 0 Å². The molecule has 1 rings (SSSR count). The zero-order valence-corrected chi connectivity index (χ0v) is 7.50. The molecule has 0 saturated heterocycles. The normalized spacial score (nSPS) is 9.79. The van der Waals surface area contributed by atoms with Gasteiger partial charge in [0, 0.05) is 12.5 Å². The summed E-state index contributed by atoms with van der Waals surface area (Å²) in [5.74, 6) is -1.32. The van der Waals surface area contributed by atoms with Crippen LogP contribution in [-0.4, -0.2) is 17.7 Å². The molecule has 14 heavy (non-hydrogen) atoms. The molecular weight excluding hydrogens is 187 g/mol. The number of carboxylic acids is 1. The van der Waals surface area contributed by atoms with Crippen LogP contribution in [0.4, 0.5) is 4.39 Å². The number of halogens is 1. The quantitative estimate of drug-likeness (QED) is 0.733. The smallest absolute Gasteiger partial charge is 0.303 e. The van der Waals surface area contributed by atoms with Crippen molar-refractivity contribution in [2.45, 2.75) is 12.8 Å². The van der Waals surface area contributed by atoms with E-state index >= 15 is 0 Å². The van der Waals surface area contributed by atoms with Crippen LogP contribution in [0.25, 0.3) is 0 Å². The SMILES string of the molecule is O=C(O)CCCOc1ccc[c]c1F. The summed E-state index contributed by atoms with van der Waals surface area (Å²) in [5, 5.41) is 8.33. The number of carbonyl (C=O) groups is 1. The maximum atomic E-state index is 12.9. The topological polar surface area (TPSA) is 46.5 Å². The number of rotatable bonds is 5. The van der Waals surface area contributed by atoms with Crippen molar-refractivity contribution in [3.05, 3.63) is 30.1 Å². The molecule has 0 aliphatic heterocycles. The van der Waals surface area contributed by atoms with Crippen LogP contribution < -0.4 is 4.74 Å². The number of ether oxygens (including phenoxy) is 1. The lowest BCUT2D eigenvalue weighted by atomic mass is 10.3. The summed E-state index contributed by atoms with van der Waals surface area (Å²) in [6.07, 6.45) is 0.391. The van der Waals surface area contributed by atoms with Gasteiger partial charge in [-0.15, -0.1) is 0 Å². The zero-order chi connectivity index (χ0) is 10.4. The predicted octanol–water partition coefficient (Wildman–Crippen LogP) is 1.87. The molecule has 0 spiro atoms. The van der Waals surface area contributed by atoms with E-state index < -0.39 is 11.8 Å². The van der Waals surface area contributed by atoms with E-state index in [-0.39, 0.29) is 18.8 Å². The van der Waals surface area contributed by atoms with Gasteiger partial charge in [0.1, 0.15) is 0 Å². The molecule has 0 aliphatic rings. The van der Waals surface area contributed by atoms with E-state index in [2.05, 4.69) is 6.07 Å². The van der Waals surface area contributed by atoms with Crippen LogP contribution in [0.5, 0.6) is 5.75 Å².